The fourth-order valence-corrected chi connectivity index (χ4v) is 2.17. The number of rotatable bonds is 3. The van der Waals surface area contributed by atoms with Crippen molar-refractivity contribution in [1.82, 2.24) is 9.78 Å². The van der Waals surface area contributed by atoms with E-state index in [2.05, 4.69) is 17.3 Å². The van der Waals surface area contributed by atoms with Gasteiger partial charge in [-0.15, -0.1) is 0 Å². The Morgan fingerprint density at radius 1 is 1.28 bits per heavy atom. The van der Waals surface area contributed by atoms with E-state index in [4.69, 9.17) is 23.2 Å². The molecule has 1 atom stereocenters. The molecule has 2 rings (SSSR count). The molecule has 1 heterocycles. The third kappa shape index (κ3) is 2.79. The number of aromatic nitrogens is 2. The van der Waals surface area contributed by atoms with Crippen LogP contribution in [0.3, 0.4) is 0 Å². The lowest BCUT2D eigenvalue weighted by atomic mass is 10.1. The lowest BCUT2D eigenvalue weighted by Gasteiger charge is -2.16. The zero-order chi connectivity index (χ0) is 13.3. The second kappa shape index (κ2) is 5.21. The highest BCUT2D eigenvalue weighted by Crippen LogP contribution is 2.31. The number of nitrogens with one attached hydrogen (secondary N) is 1. The quantitative estimate of drug-likeness (QED) is 0.915. The molecular formula is C13H15Cl2N3. The number of anilines is 1. The summed E-state index contributed by atoms with van der Waals surface area (Å²) in [6.45, 7) is 3.99. The topological polar surface area (TPSA) is 29.9 Å². The van der Waals surface area contributed by atoms with E-state index in [1.54, 1.807) is 4.68 Å². The van der Waals surface area contributed by atoms with Gasteiger partial charge in [-0.3, -0.25) is 4.68 Å². The van der Waals surface area contributed by atoms with Crippen molar-refractivity contribution in [3.8, 4) is 0 Å². The molecule has 0 aliphatic carbocycles. The Morgan fingerprint density at radius 3 is 2.61 bits per heavy atom. The maximum atomic E-state index is 6.20. The third-order valence-electron chi connectivity index (χ3n) is 2.85. The van der Waals surface area contributed by atoms with Gasteiger partial charge in [0.2, 0.25) is 0 Å². The van der Waals surface area contributed by atoms with Crippen molar-refractivity contribution in [2.75, 3.05) is 5.32 Å². The highest BCUT2D eigenvalue weighted by Gasteiger charge is 2.10. The molecule has 18 heavy (non-hydrogen) atoms. The van der Waals surface area contributed by atoms with Crippen LogP contribution >= 0.6 is 23.2 Å². The van der Waals surface area contributed by atoms with Gasteiger partial charge in [-0.25, -0.2) is 0 Å². The predicted octanol–water partition coefficient (Wildman–Crippen LogP) is 4.21. The molecule has 3 nitrogen and oxygen atoms in total. The van der Waals surface area contributed by atoms with Crippen LogP contribution in [0.2, 0.25) is 10.0 Å². The Balaban J connectivity index is 2.21. The first-order valence-electron chi connectivity index (χ1n) is 5.68. The molecule has 0 bridgehead atoms. The number of halogens is 2. The van der Waals surface area contributed by atoms with E-state index >= 15 is 0 Å². The van der Waals surface area contributed by atoms with E-state index < -0.39 is 0 Å². The summed E-state index contributed by atoms with van der Waals surface area (Å²) < 4.78 is 1.78. The lowest BCUT2D eigenvalue weighted by molar-refractivity contribution is 0.765. The number of hydrogen-bond acceptors (Lipinski definition) is 2. The van der Waals surface area contributed by atoms with Crippen LogP contribution in [0.1, 0.15) is 24.1 Å². The van der Waals surface area contributed by atoms with Gasteiger partial charge in [-0.1, -0.05) is 23.2 Å². The monoisotopic (exact) mass is 283 g/mol. The summed E-state index contributed by atoms with van der Waals surface area (Å²) in [6, 6.07) is 3.84. The van der Waals surface area contributed by atoms with E-state index in [1.807, 2.05) is 38.5 Å². The average Bonchev–Trinajstić information content (AvgIpc) is 2.73. The highest BCUT2D eigenvalue weighted by atomic mass is 35.5. The molecule has 0 amide bonds. The first kappa shape index (κ1) is 13.2. The molecule has 0 aliphatic rings. The maximum Gasteiger partial charge on any atom is 0.0641 e. The van der Waals surface area contributed by atoms with Crippen LogP contribution in [0.25, 0.3) is 0 Å². The maximum absolute atomic E-state index is 6.20. The molecule has 96 valence electrons. The molecule has 0 saturated carbocycles. The summed E-state index contributed by atoms with van der Waals surface area (Å²) in [6.07, 6.45) is 3.81. The Labute approximate surface area is 117 Å². The number of hydrogen-bond donors (Lipinski definition) is 1. The fourth-order valence-electron chi connectivity index (χ4n) is 1.74. The fraction of sp³-hybridized carbons (Fsp3) is 0.308. The van der Waals surface area contributed by atoms with Gasteiger partial charge in [0, 0.05) is 23.8 Å². The Bertz CT molecular complexity index is 563. The molecule has 0 radical (unpaired) electrons. The molecule has 1 aromatic heterocycles. The Morgan fingerprint density at radius 2 is 2.00 bits per heavy atom. The van der Waals surface area contributed by atoms with Crippen molar-refractivity contribution >= 4 is 28.9 Å². The molecule has 0 aliphatic heterocycles. The summed E-state index contributed by atoms with van der Waals surface area (Å²) >= 11 is 12.3. The van der Waals surface area contributed by atoms with Crippen LogP contribution in [0.4, 0.5) is 5.69 Å². The molecule has 1 aromatic carbocycles. The summed E-state index contributed by atoms with van der Waals surface area (Å²) in [5.74, 6) is 0. The van der Waals surface area contributed by atoms with Crippen LogP contribution < -0.4 is 5.32 Å². The van der Waals surface area contributed by atoms with Gasteiger partial charge in [0.05, 0.1) is 22.9 Å². The lowest BCUT2D eigenvalue weighted by Crippen LogP contribution is -2.06. The Hall–Kier alpha value is -1.19. The normalized spacial score (nSPS) is 12.5. The average molecular weight is 284 g/mol. The van der Waals surface area contributed by atoms with E-state index in [0.717, 1.165) is 16.8 Å². The minimum absolute atomic E-state index is 0.120. The number of aryl methyl sites for hydroxylation is 2. The number of benzene rings is 1. The first-order chi connectivity index (χ1) is 8.47. The van der Waals surface area contributed by atoms with Crippen LogP contribution in [0.15, 0.2) is 24.5 Å². The van der Waals surface area contributed by atoms with Gasteiger partial charge in [0.1, 0.15) is 0 Å². The molecular weight excluding hydrogens is 269 g/mol. The van der Waals surface area contributed by atoms with Crippen LogP contribution in [-0.4, -0.2) is 9.78 Å². The summed E-state index contributed by atoms with van der Waals surface area (Å²) in [7, 11) is 1.89. The second-order valence-electron chi connectivity index (χ2n) is 4.39. The van der Waals surface area contributed by atoms with Gasteiger partial charge in [-0.05, 0) is 31.5 Å². The molecule has 1 N–H and O–H groups in total. The van der Waals surface area contributed by atoms with Gasteiger partial charge in [-0.2, -0.15) is 5.10 Å². The third-order valence-corrected chi connectivity index (χ3v) is 3.57. The molecule has 0 spiro atoms. The first-order valence-corrected chi connectivity index (χ1v) is 6.43. The van der Waals surface area contributed by atoms with Crippen LogP contribution in [-0.2, 0) is 7.05 Å². The molecule has 0 saturated heterocycles. The molecule has 1 unspecified atom stereocenters. The van der Waals surface area contributed by atoms with Crippen molar-refractivity contribution in [3.05, 3.63) is 45.7 Å². The van der Waals surface area contributed by atoms with Crippen molar-refractivity contribution in [3.63, 3.8) is 0 Å². The zero-order valence-corrected chi connectivity index (χ0v) is 12.0. The zero-order valence-electron chi connectivity index (χ0n) is 10.5. The molecule has 2 aromatic rings. The van der Waals surface area contributed by atoms with Crippen molar-refractivity contribution in [2.24, 2.45) is 7.05 Å². The highest BCUT2D eigenvalue weighted by molar-refractivity contribution is 6.35. The predicted molar refractivity (Wildman–Crippen MR) is 76.4 cm³/mol. The van der Waals surface area contributed by atoms with Gasteiger partial charge in [0.15, 0.2) is 0 Å². The van der Waals surface area contributed by atoms with Crippen molar-refractivity contribution in [1.29, 1.82) is 0 Å². The Kier molecular flexibility index (Phi) is 3.83. The minimum atomic E-state index is 0.120. The molecule has 0 fully saturated rings. The minimum Gasteiger partial charge on any atom is -0.377 e. The second-order valence-corrected chi connectivity index (χ2v) is 5.21. The number of nitrogens with zero attached hydrogens (tertiary/aromatic N) is 2. The van der Waals surface area contributed by atoms with E-state index in [1.165, 1.54) is 0 Å². The smallest absolute Gasteiger partial charge is 0.0641 e. The molecule has 5 heteroatoms. The van der Waals surface area contributed by atoms with E-state index in [-0.39, 0.29) is 6.04 Å². The van der Waals surface area contributed by atoms with Crippen LogP contribution in [0.5, 0.6) is 0 Å². The van der Waals surface area contributed by atoms with Crippen molar-refractivity contribution < 1.29 is 0 Å². The summed E-state index contributed by atoms with van der Waals surface area (Å²) in [5.41, 5.74) is 2.91. The SMILES string of the molecule is Cc1cc(Cl)c(NC(C)c2cnn(C)c2)cc1Cl. The van der Waals surface area contributed by atoms with E-state index in [0.29, 0.717) is 10.0 Å². The summed E-state index contributed by atoms with van der Waals surface area (Å²) in [4.78, 5) is 0. The standard InChI is InChI=1S/C13H15Cl2N3/c1-8-4-12(15)13(5-11(8)14)17-9(2)10-6-16-18(3)7-10/h4-7,9,17H,1-3H3. The summed E-state index contributed by atoms with van der Waals surface area (Å²) in [5, 5.41) is 8.87. The van der Waals surface area contributed by atoms with Gasteiger partial charge in [0.25, 0.3) is 0 Å². The van der Waals surface area contributed by atoms with Gasteiger partial charge < -0.3 is 5.32 Å². The van der Waals surface area contributed by atoms with Crippen molar-refractivity contribution in [2.45, 2.75) is 19.9 Å². The largest absolute Gasteiger partial charge is 0.377 e. The van der Waals surface area contributed by atoms with E-state index in [9.17, 15) is 0 Å². The van der Waals surface area contributed by atoms with Gasteiger partial charge >= 0.3 is 0 Å². The van der Waals surface area contributed by atoms with Crippen LogP contribution in [0, 0.1) is 6.92 Å².